The van der Waals surface area contributed by atoms with Crippen LogP contribution in [0.4, 0.5) is 5.13 Å². The third kappa shape index (κ3) is 2.92. The van der Waals surface area contributed by atoms with Crippen LogP contribution in [0.5, 0.6) is 0 Å². The summed E-state index contributed by atoms with van der Waals surface area (Å²) in [6, 6.07) is 7.13. The van der Waals surface area contributed by atoms with Crippen molar-refractivity contribution in [3.8, 4) is 0 Å². The van der Waals surface area contributed by atoms with E-state index in [1.165, 1.54) is 42.4 Å². The van der Waals surface area contributed by atoms with Crippen molar-refractivity contribution in [1.82, 2.24) is 4.98 Å². The van der Waals surface area contributed by atoms with Crippen molar-refractivity contribution in [2.45, 2.75) is 52.0 Å². The number of hydrogen-bond donors (Lipinski definition) is 1. The third-order valence-corrected chi connectivity index (χ3v) is 5.18. The van der Waals surface area contributed by atoms with Crippen LogP contribution in [0.3, 0.4) is 0 Å². The summed E-state index contributed by atoms with van der Waals surface area (Å²) in [6.45, 7) is 4.50. The van der Waals surface area contributed by atoms with Crippen LogP contribution in [0.2, 0.25) is 0 Å². The molecular weight excluding hydrogens is 252 g/mol. The van der Waals surface area contributed by atoms with Gasteiger partial charge in [-0.2, -0.15) is 0 Å². The van der Waals surface area contributed by atoms with Gasteiger partial charge in [0.15, 0.2) is 5.13 Å². The minimum atomic E-state index is 0.601. The Hall–Kier alpha value is -1.09. The second kappa shape index (κ2) is 5.49. The Morgan fingerprint density at radius 2 is 2.05 bits per heavy atom. The van der Waals surface area contributed by atoms with E-state index in [1.54, 1.807) is 11.3 Å². The summed E-state index contributed by atoms with van der Waals surface area (Å²) >= 11 is 1.79. The summed E-state index contributed by atoms with van der Waals surface area (Å²) in [5.41, 5.74) is 2.42. The first-order valence-electron chi connectivity index (χ1n) is 7.36. The predicted molar refractivity (Wildman–Crippen MR) is 84.0 cm³/mol. The second-order valence-electron chi connectivity index (χ2n) is 5.86. The average molecular weight is 274 g/mol. The number of benzene rings is 1. The molecule has 1 heterocycles. The maximum absolute atomic E-state index is 4.74. The fourth-order valence-corrected chi connectivity index (χ4v) is 3.87. The maximum Gasteiger partial charge on any atom is 0.184 e. The quantitative estimate of drug-likeness (QED) is 0.781. The summed E-state index contributed by atoms with van der Waals surface area (Å²) < 4.78 is 1.29. The Balaban J connectivity index is 1.80. The van der Waals surface area contributed by atoms with Crippen molar-refractivity contribution in [3.63, 3.8) is 0 Å². The van der Waals surface area contributed by atoms with Gasteiger partial charge in [0, 0.05) is 6.04 Å². The molecule has 1 aromatic heterocycles. The number of aryl methyl sites for hydroxylation is 1. The summed E-state index contributed by atoms with van der Waals surface area (Å²) in [4.78, 5) is 4.74. The lowest BCUT2D eigenvalue weighted by molar-refractivity contribution is 0.456. The van der Waals surface area contributed by atoms with Gasteiger partial charge in [-0.25, -0.2) is 4.98 Å². The minimum Gasteiger partial charge on any atom is -0.358 e. The van der Waals surface area contributed by atoms with E-state index in [0.717, 1.165) is 16.6 Å². The molecule has 0 bridgehead atoms. The normalized spacial score (nSPS) is 24.3. The van der Waals surface area contributed by atoms with E-state index < -0.39 is 0 Å². The Kier molecular flexibility index (Phi) is 3.74. The van der Waals surface area contributed by atoms with Crippen molar-refractivity contribution in [1.29, 1.82) is 0 Å². The van der Waals surface area contributed by atoms with Gasteiger partial charge >= 0.3 is 0 Å². The number of nitrogens with one attached hydrogen (secondary N) is 1. The van der Waals surface area contributed by atoms with Crippen LogP contribution < -0.4 is 5.32 Å². The molecule has 19 heavy (non-hydrogen) atoms. The van der Waals surface area contributed by atoms with Crippen molar-refractivity contribution >= 4 is 26.7 Å². The highest BCUT2D eigenvalue weighted by molar-refractivity contribution is 7.22. The molecule has 2 unspecified atom stereocenters. The van der Waals surface area contributed by atoms with Crippen LogP contribution in [0, 0.1) is 12.8 Å². The molecular formula is C16H22N2S. The van der Waals surface area contributed by atoms with Crippen molar-refractivity contribution < 1.29 is 0 Å². The van der Waals surface area contributed by atoms with Gasteiger partial charge in [0.2, 0.25) is 0 Å². The molecule has 0 saturated heterocycles. The molecule has 2 nitrogen and oxygen atoms in total. The number of thiazole rings is 1. The standard InChI is InChI=1S/C16H22N2S/c1-11-8-9-15-14(10-11)18-16(19-15)17-13-7-5-3-4-6-12(13)2/h8-10,12-13H,3-7H2,1-2H3,(H,17,18). The molecule has 2 aromatic rings. The van der Waals surface area contributed by atoms with Gasteiger partial charge in [-0.3, -0.25) is 0 Å². The van der Waals surface area contributed by atoms with Crippen molar-refractivity contribution in [2.75, 3.05) is 5.32 Å². The molecule has 1 aromatic carbocycles. The van der Waals surface area contributed by atoms with Gasteiger partial charge in [0.1, 0.15) is 0 Å². The van der Waals surface area contributed by atoms with E-state index in [2.05, 4.69) is 37.4 Å². The Morgan fingerprint density at radius 1 is 1.21 bits per heavy atom. The summed E-state index contributed by atoms with van der Waals surface area (Å²) in [5.74, 6) is 0.760. The molecule has 1 N–H and O–H groups in total. The van der Waals surface area contributed by atoms with E-state index in [-0.39, 0.29) is 0 Å². The van der Waals surface area contributed by atoms with Crippen molar-refractivity contribution in [3.05, 3.63) is 23.8 Å². The Bertz CT molecular complexity index is 561. The molecule has 3 rings (SSSR count). The molecule has 3 heteroatoms. The zero-order chi connectivity index (χ0) is 13.2. The van der Waals surface area contributed by atoms with E-state index in [9.17, 15) is 0 Å². The highest BCUT2D eigenvalue weighted by Gasteiger charge is 2.20. The van der Waals surface area contributed by atoms with Gasteiger partial charge in [-0.15, -0.1) is 0 Å². The number of aromatic nitrogens is 1. The van der Waals surface area contributed by atoms with Crippen molar-refractivity contribution in [2.24, 2.45) is 5.92 Å². The number of fused-ring (bicyclic) bond motifs is 1. The van der Waals surface area contributed by atoms with Crippen LogP contribution in [0.25, 0.3) is 10.2 Å². The average Bonchev–Trinajstić information content (AvgIpc) is 2.66. The number of anilines is 1. The number of hydrogen-bond acceptors (Lipinski definition) is 3. The molecule has 0 spiro atoms. The third-order valence-electron chi connectivity index (χ3n) is 4.21. The first-order valence-corrected chi connectivity index (χ1v) is 8.18. The lowest BCUT2D eigenvalue weighted by atomic mass is 9.97. The largest absolute Gasteiger partial charge is 0.358 e. The molecule has 102 valence electrons. The molecule has 1 aliphatic carbocycles. The topological polar surface area (TPSA) is 24.9 Å². The van der Waals surface area contributed by atoms with Gasteiger partial charge in [0.05, 0.1) is 10.2 Å². The van der Waals surface area contributed by atoms with Crippen LogP contribution in [-0.4, -0.2) is 11.0 Å². The van der Waals surface area contributed by atoms with Gasteiger partial charge in [-0.1, -0.05) is 43.6 Å². The molecule has 1 aliphatic rings. The van der Waals surface area contributed by atoms with Crippen LogP contribution >= 0.6 is 11.3 Å². The zero-order valence-corrected chi connectivity index (χ0v) is 12.6. The van der Waals surface area contributed by atoms with E-state index in [1.807, 2.05) is 0 Å². The molecule has 1 fully saturated rings. The predicted octanol–water partition coefficient (Wildman–Crippen LogP) is 4.99. The smallest absolute Gasteiger partial charge is 0.184 e. The van der Waals surface area contributed by atoms with Crippen LogP contribution in [0.1, 0.15) is 44.6 Å². The molecule has 0 aliphatic heterocycles. The van der Waals surface area contributed by atoms with Crippen LogP contribution in [-0.2, 0) is 0 Å². The maximum atomic E-state index is 4.74. The van der Waals surface area contributed by atoms with Gasteiger partial charge < -0.3 is 5.32 Å². The SMILES string of the molecule is Cc1ccc2sc(NC3CCCCCC3C)nc2c1. The van der Waals surface area contributed by atoms with Crippen LogP contribution in [0.15, 0.2) is 18.2 Å². The minimum absolute atomic E-state index is 0.601. The van der Waals surface area contributed by atoms with E-state index in [4.69, 9.17) is 4.98 Å². The Labute approximate surface area is 119 Å². The molecule has 2 atom stereocenters. The molecule has 1 saturated carbocycles. The fraction of sp³-hybridized carbons (Fsp3) is 0.562. The zero-order valence-electron chi connectivity index (χ0n) is 11.8. The Morgan fingerprint density at radius 3 is 2.95 bits per heavy atom. The molecule has 0 radical (unpaired) electrons. The number of nitrogens with zero attached hydrogens (tertiary/aromatic N) is 1. The molecule has 0 amide bonds. The second-order valence-corrected chi connectivity index (χ2v) is 6.89. The summed E-state index contributed by atoms with van der Waals surface area (Å²) in [7, 11) is 0. The lowest BCUT2D eigenvalue weighted by Gasteiger charge is -2.22. The van der Waals surface area contributed by atoms with E-state index >= 15 is 0 Å². The highest BCUT2D eigenvalue weighted by atomic mass is 32.1. The summed E-state index contributed by atoms with van der Waals surface area (Å²) in [5, 5.41) is 4.78. The van der Waals surface area contributed by atoms with E-state index in [0.29, 0.717) is 6.04 Å². The fourth-order valence-electron chi connectivity index (χ4n) is 2.97. The summed E-state index contributed by atoms with van der Waals surface area (Å²) in [6.07, 6.45) is 6.77. The highest BCUT2D eigenvalue weighted by Crippen LogP contribution is 2.30. The lowest BCUT2D eigenvalue weighted by Crippen LogP contribution is -2.26. The first kappa shape index (κ1) is 12.9. The first-order chi connectivity index (χ1) is 9.22. The number of rotatable bonds is 2. The monoisotopic (exact) mass is 274 g/mol. The van der Waals surface area contributed by atoms with Gasteiger partial charge in [0.25, 0.3) is 0 Å². The van der Waals surface area contributed by atoms with Gasteiger partial charge in [-0.05, 0) is 43.4 Å².